The van der Waals surface area contributed by atoms with Gasteiger partial charge in [0.05, 0.1) is 21.5 Å². The van der Waals surface area contributed by atoms with Crippen molar-refractivity contribution < 1.29 is 9.72 Å². The highest BCUT2D eigenvalue weighted by atomic mass is 16.6. The van der Waals surface area contributed by atoms with Gasteiger partial charge in [0.15, 0.2) is 5.78 Å². The number of hydrogen-bond acceptors (Lipinski definition) is 4. The van der Waals surface area contributed by atoms with Gasteiger partial charge in [-0.1, -0.05) is 42.5 Å². The molecule has 6 heteroatoms. The fraction of sp³-hybridized carbons (Fsp3) is 0. The number of ketones is 1. The average molecular weight is 369 g/mol. The number of imidazole rings is 1. The van der Waals surface area contributed by atoms with Gasteiger partial charge in [0.2, 0.25) is 0 Å². The third-order valence-corrected chi connectivity index (χ3v) is 4.34. The molecule has 0 spiro atoms. The molecule has 4 aromatic rings. The monoisotopic (exact) mass is 369 g/mol. The Balaban J connectivity index is 1.83. The summed E-state index contributed by atoms with van der Waals surface area (Å²) in [6.07, 6.45) is 1.69. The van der Waals surface area contributed by atoms with Crippen molar-refractivity contribution in [3.63, 3.8) is 0 Å². The van der Waals surface area contributed by atoms with Gasteiger partial charge in [-0.25, -0.2) is 4.98 Å². The number of fused-ring (bicyclic) bond motifs is 1. The van der Waals surface area contributed by atoms with E-state index in [1.54, 1.807) is 42.5 Å². The molecule has 1 N–H and O–H groups in total. The van der Waals surface area contributed by atoms with Gasteiger partial charge in [0.25, 0.3) is 5.69 Å². The number of rotatable bonds is 5. The summed E-state index contributed by atoms with van der Waals surface area (Å²) in [6.45, 7) is 0. The molecule has 6 nitrogen and oxygen atoms in total. The zero-order valence-corrected chi connectivity index (χ0v) is 14.7. The Kier molecular flexibility index (Phi) is 4.51. The number of hydrogen-bond donors (Lipinski definition) is 1. The van der Waals surface area contributed by atoms with E-state index in [0.29, 0.717) is 22.5 Å². The fourth-order valence-corrected chi connectivity index (χ4v) is 2.93. The molecule has 28 heavy (non-hydrogen) atoms. The Labute approximate surface area is 160 Å². The molecule has 1 heterocycles. The Morgan fingerprint density at radius 2 is 1.61 bits per heavy atom. The molecule has 136 valence electrons. The van der Waals surface area contributed by atoms with Crippen LogP contribution in [0.25, 0.3) is 22.7 Å². The molecular weight excluding hydrogens is 354 g/mol. The molecule has 3 aromatic carbocycles. The molecule has 0 bridgehead atoms. The molecule has 0 radical (unpaired) electrons. The van der Waals surface area contributed by atoms with Crippen molar-refractivity contribution >= 4 is 34.2 Å². The number of carbonyl (C=O) groups excluding carboxylic acids is 1. The minimum atomic E-state index is -0.456. The van der Waals surface area contributed by atoms with Gasteiger partial charge in [-0.05, 0) is 35.9 Å². The third-order valence-electron chi connectivity index (χ3n) is 4.34. The van der Waals surface area contributed by atoms with E-state index in [-0.39, 0.29) is 11.5 Å². The minimum absolute atomic E-state index is 0.00294. The number of aromatic amines is 1. The van der Waals surface area contributed by atoms with Gasteiger partial charge >= 0.3 is 0 Å². The van der Waals surface area contributed by atoms with Crippen LogP contribution in [0, 0.1) is 10.1 Å². The number of aromatic nitrogens is 2. The summed E-state index contributed by atoms with van der Waals surface area (Å²) in [5, 5.41) is 10.9. The van der Waals surface area contributed by atoms with Crippen LogP contribution in [-0.4, -0.2) is 20.7 Å². The summed E-state index contributed by atoms with van der Waals surface area (Å²) >= 11 is 0. The number of nitro groups is 1. The number of para-hydroxylation sites is 2. The predicted molar refractivity (Wildman–Crippen MR) is 108 cm³/mol. The van der Waals surface area contributed by atoms with Crippen molar-refractivity contribution in [2.75, 3.05) is 0 Å². The zero-order valence-electron chi connectivity index (χ0n) is 14.7. The van der Waals surface area contributed by atoms with E-state index < -0.39 is 4.92 Å². The molecular formula is C22H15N3O3. The van der Waals surface area contributed by atoms with Gasteiger partial charge in [0.1, 0.15) is 5.82 Å². The van der Waals surface area contributed by atoms with E-state index in [4.69, 9.17) is 0 Å². The van der Waals surface area contributed by atoms with Gasteiger partial charge < -0.3 is 4.98 Å². The maximum absolute atomic E-state index is 13.2. The summed E-state index contributed by atoms with van der Waals surface area (Å²) in [5.41, 5.74) is 3.18. The normalized spacial score (nSPS) is 11.5. The number of allylic oxidation sites excluding steroid dienone is 1. The number of non-ortho nitro benzene ring substituents is 1. The SMILES string of the molecule is O=C(/C(=C\c1ccc([N+](=O)[O-])cc1)c1nc2ccccc2[nH]1)c1ccccc1. The second kappa shape index (κ2) is 7.28. The van der Waals surface area contributed by atoms with Crippen LogP contribution < -0.4 is 0 Å². The Morgan fingerprint density at radius 3 is 2.29 bits per heavy atom. The molecule has 0 aliphatic heterocycles. The molecule has 0 saturated heterocycles. The van der Waals surface area contributed by atoms with E-state index in [0.717, 1.165) is 11.0 Å². The third kappa shape index (κ3) is 3.43. The van der Waals surface area contributed by atoms with E-state index in [2.05, 4.69) is 9.97 Å². The van der Waals surface area contributed by atoms with Crippen LogP contribution in [-0.2, 0) is 0 Å². The van der Waals surface area contributed by atoms with Crippen LogP contribution in [0.15, 0.2) is 78.9 Å². The number of Topliss-reactive ketones (excluding diaryl/α,β-unsaturated/α-hetero) is 1. The first-order valence-corrected chi connectivity index (χ1v) is 8.63. The van der Waals surface area contributed by atoms with Crippen molar-refractivity contribution in [1.82, 2.24) is 9.97 Å². The molecule has 0 amide bonds. The summed E-state index contributed by atoms with van der Waals surface area (Å²) in [5.74, 6) is 0.270. The largest absolute Gasteiger partial charge is 0.338 e. The number of nitrogens with one attached hydrogen (secondary N) is 1. The number of carbonyl (C=O) groups is 1. The summed E-state index contributed by atoms with van der Waals surface area (Å²) in [7, 11) is 0. The van der Waals surface area contributed by atoms with Crippen molar-refractivity contribution in [3.05, 3.63) is 106 Å². The standard InChI is InChI=1S/C22H15N3O3/c26-21(16-6-2-1-3-7-16)18(14-15-10-12-17(13-11-15)25(27)28)22-23-19-8-4-5-9-20(19)24-22/h1-14H,(H,23,24)/b18-14+. The second-order valence-electron chi connectivity index (χ2n) is 6.20. The van der Waals surface area contributed by atoms with Crippen molar-refractivity contribution in [3.8, 4) is 0 Å². The topological polar surface area (TPSA) is 88.9 Å². The van der Waals surface area contributed by atoms with Crippen LogP contribution in [0.1, 0.15) is 21.7 Å². The first kappa shape index (κ1) is 17.4. The first-order valence-electron chi connectivity index (χ1n) is 8.63. The number of nitrogens with zero attached hydrogens (tertiary/aromatic N) is 2. The lowest BCUT2D eigenvalue weighted by Crippen LogP contribution is -2.04. The lowest BCUT2D eigenvalue weighted by atomic mass is 10.0. The number of benzene rings is 3. The van der Waals surface area contributed by atoms with Crippen LogP contribution in [0.4, 0.5) is 5.69 Å². The molecule has 0 fully saturated rings. The first-order chi connectivity index (χ1) is 13.6. The summed E-state index contributed by atoms with van der Waals surface area (Å²) in [4.78, 5) is 31.3. The van der Waals surface area contributed by atoms with E-state index in [1.807, 2.05) is 30.3 Å². The highest BCUT2D eigenvalue weighted by molar-refractivity contribution is 6.31. The number of nitro benzene ring substituents is 1. The molecule has 0 atom stereocenters. The fourth-order valence-electron chi connectivity index (χ4n) is 2.93. The number of H-pyrrole nitrogens is 1. The molecule has 0 aliphatic rings. The maximum atomic E-state index is 13.2. The van der Waals surface area contributed by atoms with Crippen LogP contribution in [0.5, 0.6) is 0 Å². The highest BCUT2D eigenvalue weighted by Gasteiger charge is 2.18. The van der Waals surface area contributed by atoms with Crippen molar-refractivity contribution in [1.29, 1.82) is 0 Å². The quantitative estimate of drug-likeness (QED) is 0.235. The molecule has 0 saturated carbocycles. The predicted octanol–water partition coefficient (Wildman–Crippen LogP) is 4.89. The van der Waals surface area contributed by atoms with E-state index in [1.165, 1.54) is 12.1 Å². The van der Waals surface area contributed by atoms with E-state index in [9.17, 15) is 14.9 Å². The van der Waals surface area contributed by atoms with Gasteiger partial charge in [-0.2, -0.15) is 0 Å². The lowest BCUT2D eigenvalue weighted by molar-refractivity contribution is -0.384. The zero-order chi connectivity index (χ0) is 19.5. The second-order valence-corrected chi connectivity index (χ2v) is 6.20. The van der Waals surface area contributed by atoms with Gasteiger partial charge in [-0.3, -0.25) is 14.9 Å². The van der Waals surface area contributed by atoms with Crippen molar-refractivity contribution in [2.24, 2.45) is 0 Å². The Bertz CT molecular complexity index is 1160. The summed E-state index contributed by atoms with van der Waals surface area (Å²) in [6, 6.07) is 22.5. The Hall–Kier alpha value is -4.06. The summed E-state index contributed by atoms with van der Waals surface area (Å²) < 4.78 is 0. The van der Waals surface area contributed by atoms with Gasteiger partial charge in [0, 0.05) is 17.7 Å². The maximum Gasteiger partial charge on any atom is 0.269 e. The highest BCUT2D eigenvalue weighted by Crippen LogP contribution is 2.24. The molecule has 1 aromatic heterocycles. The van der Waals surface area contributed by atoms with Crippen LogP contribution in [0.2, 0.25) is 0 Å². The van der Waals surface area contributed by atoms with Crippen LogP contribution in [0.3, 0.4) is 0 Å². The Morgan fingerprint density at radius 1 is 0.929 bits per heavy atom. The van der Waals surface area contributed by atoms with E-state index >= 15 is 0 Å². The molecule has 0 aliphatic carbocycles. The average Bonchev–Trinajstić information content (AvgIpc) is 3.16. The molecule has 0 unspecified atom stereocenters. The smallest absolute Gasteiger partial charge is 0.269 e. The lowest BCUT2D eigenvalue weighted by Gasteiger charge is -2.05. The van der Waals surface area contributed by atoms with Crippen molar-refractivity contribution in [2.45, 2.75) is 0 Å². The molecule has 4 rings (SSSR count). The van der Waals surface area contributed by atoms with Crippen LogP contribution >= 0.6 is 0 Å². The van der Waals surface area contributed by atoms with Gasteiger partial charge in [-0.15, -0.1) is 0 Å². The minimum Gasteiger partial charge on any atom is -0.338 e.